The first-order chi connectivity index (χ1) is 5.58. The first-order valence-electron chi connectivity index (χ1n) is 4.75. The minimum absolute atomic E-state index is 0.581. The topological polar surface area (TPSA) is 0 Å². The summed E-state index contributed by atoms with van der Waals surface area (Å²) >= 11 is 3.64. The summed E-state index contributed by atoms with van der Waals surface area (Å²) in [4.78, 5) is 0. The van der Waals surface area contributed by atoms with Crippen molar-refractivity contribution in [2.45, 2.75) is 39.5 Å². The van der Waals surface area contributed by atoms with Gasteiger partial charge >= 0.3 is 0 Å². The van der Waals surface area contributed by atoms with Crippen molar-refractivity contribution < 1.29 is 0 Å². The van der Waals surface area contributed by atoms with E-state index in [0.717, 1.165) is 0 Å². The molecule has 0 heterocycles. The highest BCUT2D eigenvalue weighted by atomic mass is 79.9. The molecule has 1 saturated carbocycles. The highest BCUT2D eigenvalue weighted by molar-refractivity contribution is 9.09. The average Bonchev–Trinajstić information content (AvgIpc) is 2.55. The second-order valence-electron chi connectivity index (χ2n) is 4.66. The molecule has 1 atom stereocenters. The lowest BCUT2D eigenvalue weighted by Gasteiger charge is -2.16. The van der Waals surface area contributed by atoms with Crippen LogP contribution >= 0.6 is 15.9 Å². The van der Waals surface area contributed by atoms with E-state index in [0.29, 0.717) is 10.8 Å². The van der Waals surface area contributed by atoms with Crippen molar-refractivity contribution in [3.05, 3.63) is 12.7 Å². The first kappa shape index (κ1) is 10.3. The van der Waals surface area contributed by atoms with Gasteiger partial charge in [0.25, 0.3) is 0 Å². The number of halogens is 1. The second kappa shape index (κ2) is 3.53. The fraction of sp³-hybridized carbons (Fsp3) is 0.818. The molecule has 0 aromatic heterocycles. The van der Waals surface area contributed by atoms with Crippen molar-refractivity contribution in [2.75, 3.05) is 5.33 Å². The van der Waals surface area contributed by atoms with Crippen LogP contribution in [0.2, 0.25) is 0 Å². The van der Waals surface area contributed by atoms with Crippen LogP contribution in [0.3, 0.4) is 0 Å². The third kappa shape index (κ3) is 1.76. The average molecular weight is 231 g/mol. The van der Waals surface area contributed by atoms with Gasteiger partial charge in [0.05, 0.1) is 0 Å². The van der Waals surface area contributed by atoms with Gasteiger partial charge in [-0.3, -0.25) is 0 Å². The molecule has 0 aromatic rings. The van der Waals surface area contributed by atoms with Crippen LogP contribution in [0.4, 0.5) is 0 Å². The van der Waals surface area contributed by atoms with Crippen molar-refractivity contribution in [1.29, 1.82) is 0 Å². The molecule has 1 rings (SSSR count). The molecule has 0 amide bonds. The summed E-state index contributed by atoms with van der Waals surface area (Å²) in [6, 6.07) is 0. The molecule has 70 valence electrons. The fourth-order valence-corrected chi connectivity index (χ4v) is 3.35. The van der Waals surface area contributed by atoms with Gasteiger partial charge in [0.1, 0.15) is 0 Å². The normalized spacial score (nSPS) is 31.6. The van der Waals surface area contributed by atoms with Crippen LogP contribution in [0, 0.1) is 10.8 Å². The van der Waals surface area contributed by atoms with Gasteiger partial charge in [0, 0.05) is 5.33 Å². The number of hydrogen-bond donors (Lipinski definition) is 0. The molecule has 0 spiro atoms. The summed E-state index contributed by atoms with van der Waals surface area (Å²) in [5.41, 5.74) is 1.19. The molecule has 0 N–H and O–H groups in total. The Morgan fingerprint density at radius 3 is 2.42 bits per heavy atom. The van der Waals surface area contributed by atoms with Gasteiger partial charge in [-0.15, -0.1) is 6.58 Å². The number of unbranched alkanes of at least 4 members (excludes halogenated alkanes) is 1. The van der Waals surface area contributed by atoms with Crippen LogP contribution in [0.5, 0.6) is 0 Å². The third-order valence-corrected chi connectivity index (χ3v) is 4.48. The molecular weight excluding hydrogens is 212 g/mol. The lowest BCUT2D eigenvalue weighted by Crippen LogP contribution is -2.10. The summed E-state index contributed by atoms with van der Waals surface area (Å²) in [7, 11) is 0. The minimum atomic E-state index is 0.581. The number of hydrogen-bond acceptors (Lipinski definition) is 0. The Labute approximate surface area is 84.6 Å². The van der Waals surface area contributed by atoms with Gasteiger partial charge in [-0.05, 0) is 36.5 Å². The molecule has 0 nitrogen and oxygen atoms in total. The van der Waals surface area contributed by atoms with Gasteiger partial charge < -0.3 is 0 Å². The zero-order valence-electron chi connectivity index (χ0n) is 8.20. The van der Waals surface area contributed by atoms with Crippen LogP contribution in [-0.4, -0.2) is 5.33 Å². The Kier molecular flexibility index (Phi) is 3.03. The summed E-state index contributed by atoms with van der Waals surface area (Å²) in [5.74, 6) is 0. The molecule has 1 aliphatic rings. The van der Waals surface area contributed by atoms with E-state index < -0.39 is 0 Å². The van der Waals surface area contributed by atoms with Crippen molar-refractivity contribution in [3.8, 4) is 0 Å². The molecule has 0 radical (unpaired) electrons. The quantitative estimate of drug-likeness (QED) is 0.378. The van der Waals surface area contributed by atoms with E-state index in [2.05, 4.69) is 36.4 Å². The van der Waals surface area contributed by atoms with Gasteiger partial charge in [-0.25, -0.2) is 0 Å². The Morgan fingerprint density at radius 2 is 2.08 bits per heavy atom. The molecule has 1 unspecified atom stereocenters. The van der Waals surface area contributed by atoms with Crippen molar-refractivity contribution in [2.24, 2.45) is 10.8 Å². The molecule has 12 heavy (non-hydrogen) atoms. The zero-order valence-corrected chi connectivity index (χ0v) is 9.78. The molecule has 0 bridgehead atoms. The highest BCUT2D eigenvalue weighted by Gasteiger charge is 2.58. The van der Waals surface area contributed by atoms with Gasteiger partial charge in [0.15, 0.2) is 0 Å². The summed E-state index contributed by atoms with van der Waals surface area (Å²) in [6.45, 7) is 8.51. The third-order valence-electron chi connectivity index (χ3n) is 3.41. The van der Waals surface area contributed by atoms with Crippen LogP contribution < -0.4 is 0 Å². The maximum Gasteiger partial charge on any atom is 0.00932 e. The smallest absolute Gasteiger partial charge is 0.00932 e. The van der Waals surface area contributed by atoms with Crippen LogP contribution in [0.25, 0.3) is 0 Å². The van der Waals surface area contributed by atoms with Crippen molar-refractivity contribution >= 4 is 15.9 Å². The molecule has 1 aliphatic carbocycles. The molecule has 1 fully saturated rings. The standard InChI is InChI=1S/C11H19Br/c1-4-5-6-7-11(9-12)8-10(11,2)3/h4H,1,5-9H2,2-3H3. The lowest BCUT2D eigenvalue weighted by molar-refractivity contribution is 0.390. The van der Waals surface area contributed by atoms with E-state index in [1.165, 1.54) is 31.0 Å². The Morgan fingerprint density at radius 1 is 1.50 bits per heavy atom. The maximum atomic E-state index is 3.75. The molecule has 1 heteroatoms. The second-order valence-corrected chi connectivity index (χ2v) is 5.22. The Balaban J connectivity index is 2.34. The lowest BCUT2D eigenvalue weighted by atomic mass is 9.92. The number of alkyl halides is 1. The number of rotatable bonds is 5. The van der Waals surface area contributed by atoms with Crippen molar-refractivity contribution in [3.63, 3.8) is 0 Å². The van der Waals surface area contributed by atoms with Crippen LogP contribution in [-0.2, 0) is 0 Å². The summed E-state index contributed by atoms with van der Waals surface area (Å²) in [6.07, 6.45) is 7.25. The van der Waals surface area contributed by atoms with Crippen LogP contribution in [0.1, 0.15) is 39.5 Å². The first-order valence-corrected chi connectivity index (χ1v) is 5.87. The SMILES string of the molecule is C=CCCCC1(CBr)CC1(C)C. The molecule has 0 saturated heterocycles. The van der Waals surface area contributed by atoms with Gasteiger partial charge in [-0.1, -0.05) is 35.9 Å². The van der Waals surface area contributed by atoms with Crippen LogP contribution in [0.15, 0.2) is 12.7 Å². The van der Waals surface area contributed by atoms with Gasteiger partial charge in [-0.2, -0.15) is 0 Å². The summed E-state index contributed by atoms with van der Waals surface area (Å²) < 4.78 is 0. The van der Waals surface area contributed by atoms with Gasteiger partial charge in [0.2, 0.25) is 0 Å². The predicted octanol–water partition coefficient (Wildman–Crippen LogP) is 4.15. The molecule has 0 aliphatic heterocycles. The summed E-state index contributed by atoms with van der Waals surface area (Å²) in [5, 5.41) is 1.17. The fourth-order valence-electron chi connectivity index (χ4n) is 2.11. The largest absolute Gasteiger partial charge is 0.103 e. The maximum absolute atomic E-state index is 3.75. The molecule has 0 aromatic carbocycles. The predicted molar refractivity (Wildman–Crippen MR) is 58.7 cm³/mol. The Bertz CT molecular complexity index is 172. The van der Waals surface area contributed by atoms with E-state index in [-0.39, 0.29) is 0 Å². The zero-order chi connectivity index (χ0) is 9.24. The van der Waals surface area contributed by atoms with E-state index in [1.54, 1.807) is 0 Å². The van der Waals surface area contributed by atoms with E-state index in [4.69, 9.17) is 0 Å². The molecular formula is C11H19Br. The highest BCUT2D eigenvalue weighted by Crippen LogP contribution is 2.66. The van der Waals surface area contributed by atoms with E-state index in [9.17, 15) is 0 Å². The van der Waals surface area contributed by atoms with E-state index in [1.807, 2.05) is 6.08 Å². The van der Waals surface area contributed by atoms with Crippen molar-refractivity contribution in [1.82, 2.24) is 0 Å². The minimum Gasteiger partial charge on any atom is -0.103 e. The Hall–Kier alpha value is 0.220. The monoisotopic (exact) mass is 230 g/mol. The van der Waals surface area contributed by atoms with E-state index >= 15 is 0 Å². The number of allylic oxidation sites excluding steroid dienone is 1.